The SMILES string of the molecule is CCO/C=C(\C(=O)O)C(=O)OCC. The normalized spacial score (nSPS) is 10.8. The van der Waals surface area contributed by atoms with Crippen molar-refractivity contribution in [3.05, 3.63) is 11.8 Å². The van der Waals surface area contributed by atoms with Gasteiger partial charge in [-0.15, -0.1) is 0 Å². The van der Waals surface area contributed by atoms with E-state index < -0.39 is 17.5 Å². The Bertz CT molecular complexity index is 219. The molecule has 13 heavy (non-hydrogen) atoms. The predicted molar refractivity (Wildman–Crippen MR) is 44.0 cm³/mol. The van der Waals surface area contributed by atoms with Gasteiger partial charge in [0.15, 0.2) is 5.57 Å². The highest BCUT2D eigenvalue weighted by Gasteiger charge is 2.18. The fourth-order valence-electron chi connectivity index (χ4n) is 0.561. The third-order valence-corrected chi connectivity index (χ3v) is 1.09. The molecule has 5 nitrogen and oxygen atoms in total. The molecule has 0 fully saturated rings. The van der Waals surface area contributed by atoms with E-state index in [9.17, 15) is 9.59 Å². The molecule has 0 amide bonds. The second-order valence-electron chi connectivity index (χ2n) is 2.01. The van der Waals surface area contributed by atoms with Crippen LogP contribution in [0.4, 0.5) is 0 Å². The summed E-state index contributed by atoms with van der Waals surface area (Å²) >= 11 is 0. The highest BCUT2D eigenvalue weighted by atomic mass is 16.5. The lowest BCUT2D eigenvalue weighted by Crippen LogP contribution is -2.15. The summed E-state index contributed by atoms with van der Waals surface area (Å²) in [7, 11) is 0. The van der Waals surface area contributed by atoms with Crippen molar-refractivity contribution in [2.24, 2.45) is 0 Å². The van der Waals surface area contributed by atoms with Crippen molar-refractivity contribution < 1.29 is 24.2 Å². The molecule has 0 unspecified atom stereocenters. The highest BCUT2D eigenvalue weighted by Crippen LogP contribution is 1.99. The molecular formula is C8H12O5. The van der Waals surface area contributed by atoms with Gasteiger partial charge < -0.3 is 14.6 Å². The molecule has 0 saturated carbocycles. The summed E-state index contributed by atoms with van der Waals surface area (Å²) in [6, 6.07) is 0. The number of rotatable bonds is 5. The molecule has 1 N–H and O–H groups in total. The number of aliphatic carboxylic acids is 1. The number of hydrogen-bond acceptors (Lipinski definition) is 4. The van der Waals surface area contributed by atoms with Gasteiger partial charge in [0, 0.05) is 0 Å². The van der Waals surface area contributed by atoms with Gasteiger partial charge in [0.05, 0.1) is 13.2 Å². The Labute approximate surface area is 75.9 Å². The number of esters is 1. The minimum absolute atomic E-state index is 0.135. The van der Waals surface area contributed by atoms with E-state index in [1.165, 1.54) is 0 Å². The first kappa shape index (κ1) is 11.5. The summed E-state index contributed by atoms with van der Waals surface area (Å²) in [5.74, 6) is -2.24. The molecule has 0 radical (unpaired) electrons. The van der Waals surface area contributed by atoms with Crippen molar-refractivity contribution in [3.63, 3.8) is 0 Å². The zero-order valence-electron chi connectivity index (χ0n) is 7.57. The molecule has 0 atom stereocenters. The van der Waals surface area contributed by atoms with Crippen molar-refractivity contribution in [2.45, 2.75) is 13.8 Å². The van der Waals surface area contributed by atoms with Gasteiger partial charge in [0.1, 0.15) is 6.26 Å². The van der Waals surface area contributed by atoms with Crippen LogP contribution in [0.5, 0.6) is 0 Å². The molecule has 5 heteroatoms. The average molecular weight is 188 g/mol. The summed E-state index contributed by atoms with van der Waals surface area (Å²) in [6.45, 7) is 3.71. The average Bonchev–Trinajstić information content (AvgIpc) is 2.05. The first-order chi connectivity index (χ1) is 6.13. The van der Waals surface area contributed by atoms with Gasteiger partial charge in [-0.2, -0.15) is 0 Å². The lowest BCUT2D eigenvalue weighted by atomic mass is 10.3. The Balaban J connectivity index is 4.41. The standard InChI is InChI=1S/C8H12O5/c1-3-12-5-6(7(9)10)8(11)13-4-2/h5H,3-4H2,1-2H3,(H,9,10)/b6-5+. The second kappa shape index (κ2) is 6.05. The van der Waals surface area contributed by atoms with E-state index in [-0.39, 0.29) is 6.61 Å². The van der Waals surface area contributed by atoms with Crippen LogP contribution >= 0.6 is 0 Å². The van der Waals surface area contributed by atoms with E-state index in [0.29, 0.717) is 6.61 Å². The van der Waals surface area contributed by atoms with Crippen molar-refractivity contribution >= 4 is 11.9 Å². The van der Waals surface area contributed by atoms with Crippen molar-refractivity contribution in [2.75, 3.05) is 13.2 Å². The van der Waals surface area contributed by atoms with Crippen LogP contribution in [0.15, 0.2) is 11.8 Å². The Hall–Kier alpha value is -1.52. The Morgan fingerprint density at radius 2 is 1.92 bits per heavy atom. The number of carbonyl (C=O) groups is 2. The lowest BCUT2D eigenvalue weighted by molar-refractivity contribution is -0.144. The van der Waals surface area contributed by atoms with Gasteiger partial charge in [-0.25, -0.2) is 9.59 Å². The minimum atomic E-state index is -1.35. The first-order valence-corrected chi connectivity index (χ1v) is 3.85. The quantitative estimate of drug-likeness (QED) is 0.224. The second-order valence-corrected chi connectivity index (χ2v) is 2.01. The Morgan fingerprint density at radius 3 is 2.31 bits per heavy atom. The molecule has 0 bridgehead atoms. The molecule has 0 heterocycles. The lowest BCUT2D eigenvalue weighted by Gasteiger charge is -2.01. The van der Waals surface area contributed by atoms with Gasteiger partial charge in [-0.3, -0.25) is 0 Å². The number of ether oxygens (including phenoxy) is 2. The number of hydrogen-bond donors (Lipinski definition) is 1. The van der Waals surface area contributed by atoms with Crippen LogP contribution in [0.2, 0.25) is 0 Å². The van der Waals surface area contributed by atoms with Gasteiger partial charge in [0.25, 0.3) is 0 Å². The van der Waals surface area contributed by atoms with E-state index in [0.717, 1.165) is 6.26 Å². The third kappa shape index (κ3) is 4.15. The molecule has 0 saturated heterocycles. The van der Waals surface area contributed by atoms with Gasteiger partial charge in [-0.05, 0) is 13.8 Å². The topological polar surface area (TPSA) is 72.8 Å². The molecule has 0 rings (SSSR count). The Morgan fingerprint density at radius 1 is 1.31 bits per heavy atom. The van der Waals surface area contributed by atoms with E-state index >= 15 is 0 Å². The van der Waals surface area contributed by atoms with Crippen LogP contribution in [0.3, 0.4) is 0 Å². The van der Waals surface area contributed by atoms with Crippen LogP contribution in [0.1, 0.15) is 13.8 Å². The molecule has 0 aromatic heterocycles. The smallest absolute Gasteiger partial charge is 0.348 e. The minimum Gasteiger partial charge on any atom is -0.500 e. The first-order valence-electron chi connectivity index (χ1n) is 3.85. The van der Waals surface area contributed by atoms with Gasteiger partial charge in [-0.1, -0.05) is 0 Å². The van der Waals surface area contributed by atoms with E-state index in [1.54, 1.807) is 13.8 Å². The summed E-state index contributed by atoms with van der Waals surface area (Å²) in [4.78, 5) is 21.4. The molecule has 0 aromatic carbocycles. The summed E-state index contributed by atoms with van der Waals surface area (Å²) < 4.78 is 9.18. The van der Waals surface area contributed by atoms with Gasteiger partial charge >= 0.3 is 11.9 Å². The van der Waals surface area contributed by atoms with Gasteiger partial charge in [0.2, 0.25) is 0 Å². The number of carboxylic acids is 1. The van der Waals surface area contributed by atoms with Crippen molar-refractivity contribution in [1.82, 2.24) is 0 Å². The maximum absolute atomic E-state index is 10.9. The molecule has 0 aliphatic rings. The Kier molecular flexibility index (Phi) is 5.34. The molecule has 0 aliphatic heterocycles. The largest absolute Gasteiger partial charge is 0.500 e. The van der Waals surface area contributed by atoms with Crippen LogP contribution in [0.25, 0.3) is 0 Å². The molecular weight excluding hydrogens is 176 g/mol. The fraction of sp³-hybridized carbons (Fsp3) is 0.500. The summed E-state index contributed by atoms with van der Waals surface area (Å²) in [6.07, 6.45) is 0.889. The van der Waals surface area contributed by atoms with Crippen LogP contribution in [-0.4, -0.2) is 30.3 Å². The number of carboxylic acid groups (broad SMARTS) is 1. The highest BCUT2D eigenvalue weighted by molar-refractivity contribution is 6.12. The third-order valence-electron chi connectivity index (χ3n) is 1.09. The van der Waals surface area contributed by atoms with Crippen molar-refractivity contribution in [3.8, 4) is 0 Å². The molecule has 0 aliphatic carbocycles. The maximum Gasteiger partial charge on any atom is 0.348 e. The van der Waals surface area contributed by atoms with E-state index in [2.05, 4.69) is 9.47 Å². The van der Waals surface area contributed by atoms with Crippen LogP contribution in [-0.2, 0) is 19.1 Å². The fourth-order valence-corrected chi connectivity index (χ4v) is 0.561. The monoisotopic (exact) mass is 188 g/mol. The zero-order chi connectivity index (χ0) is 10.3. The van der Waals surface area contributed by atoms with E-state index in [4.69, 9.17) is 5.11 Å². The van der Waals surface area contributed by atoms with Crippen molar-refractivity contribution in [1.29, 1.82) is 0 Å². The number of carbonyl (C=O) groups excluding carboxylic acids is 1. The molecule has 0 aromatic rings. The molecule has 0 spiro atoms. The molecule has 74 valence electrons. The summed E-state index contributed by atoms with van der Waals surface area (Å²) in [5.41, 5.74) is -0.497. The van der Waals surface area contributed by atoms with E-state index in [1.807, 2.05) is 0 Å². The van der Waals surface area contributed by atoms with Crippen LogP contribution < -0.4 is 0 Å². The zero-order valence-corrected chi connectivity index (χ0v) is 7.57. The summed E-state index contributed by atoms with van der Waals surface area (Å²) in [5, 5.41) is 8.55. The maximum atomic E-state index is 10.9. The predicted octanol–water partition coefficient (Wildman–Crippen LogP) is 0.554. The van der Waals surface area contributed by atoms with Crippen LogP contribution in [0, 0.1) is 0 Å².